The van der Waals surface area contributed by atoms with Crippen LogP contribution in [0, 0.1) is 0 Å². The van der Waals surface area contributed by atoms with Gasteiger partial charge in [-0.3, -0.25) is 9.48 Å². The van der Waals surface area contributed by atoms with E-state index in [0.717, 1.165) is 6.54 Å². The average molecular weight is 359 g/mol. The normalized spacial score (nSPS) is 20.6. The number of ether oxygens (including phenoxy) is 1. The first-order valence-electron chi connectivity index (χ1n) is 7.99. The quantitative estimate of drug-likeness (QED) is 0.588. The number of carbonyl (C=O) groups is 1. The summed E-state index contributed by atoms with van der Waals surface area (Å²) in [5.41, 5.74) is 0.608. The van der Waals surface area contributed by atoms with E-state index in [1.54, 1.807) is 10.9 Å². The first-order chi connectivity index (χ1) is 11.4. The molecule has 0 aliphatic carbocycles. The maximum atomic E-state index is 12.3. The van der Waals surface area contributed by atoms with Crippen LogP contribution in [0.2, 0.25) is 0 Å². The molecule has 1 fully saturated rings. The lowest BCUT2D eigenvalue weighted by Gasteiger charge is -2.20. The summed E-state index contributed by atoms with van der Waals surface area (Å²) >= 11 is 0. The molecule has 1 aliphatic heterocycles. The van der Waals surface area contributed by atoms with Gasteiger partial charge in [-0.15, -0.1) is 5.10 Å². The maximum absolute atomic E-state index is 12.3. The molecule has 10 heteroatoms. The van der Waals surface area contributed by atoms with Crippen molar-refractivity contribution in [3.63, 3.8) is 0 Å². The molecule has 2 rings (SSSR count). The van der Waals surface area contributed by atoms with Crippen LogP contribution in [-0.2, 0) is 32.6 Å². The van der Waals surface area contributed by atoms with Gasteiger partial charge in [0.05, 0.1) is 25.1 Å². The third-order valence-corrected chi connectivity index (χ3v) is 6.12. The highest BCUT2D eigenvalue weighted by Gasteiger charge is 2.37. The first-order valence-corrected chi connectivity index (χ1v) is 9.60. The van der Waals surface area contributed by atoms with Crippen LogP contribution in [0.3, 0.4) is 0 Å². The van der Waals surface area contributed by atoms with Crippen LogP contribution in [0.15, 0.2) is 6.20 Å². The fourth-order valence-electron chi connectivity index (χ4n) is 2.63. The molecular formula is C14H25N5O4S. The smallest absolute Gasteiger partial charge is 0.305 e. The van der Waals surface area contributed by atoms with Crippen molar-refractivity contribution >= 4 is 16.0 Å². The minimum absolute atomic E-state index is 0.00935. The molecule has 0 bridgehead atoms. The maximum Gasteiger partial charge on any atom is 0.305 e. The van der Waals surface area contributed by atoms with E-state index < -0.39 is 10.0 Å². The molecule has 0 radical (unpaired) electrons. The summed E-state index contributed by atoms with van der Waals surface area (Å²) in [5, 5.41) is 8.01. The van der Waals surface area contributed by atoms with Crippen molar-refractivity contribution in [2.24, 2.45) is 0 Å². The first kappa shape index (κ1) is 18.8. The lowest BCUT2D eigenvalue weighted by molar-refractivity contribution is -0.140. The second-order valence-electron chi connectivity index (χ2n) is 5.95. The second kappa shape index (κ2) is 8.04. The van der Waals surface area contributed by atoms with Crippen molar-refractivity contribution in [2.75, 3.05) is 33.0 Å². The summed E-state index contributed by atoms with van der Waals surface area (Å²) in [6.45, 7) is 4.06. The Morgan fingerprint density at radius 2 is 2.25 bits per heavy atom. The van der Waals surface area contributed by atoms with Crippen molar-refractivity contribution in [1.29, 1.82) is 0 Å². The summed E-state index contributed by atoms with van der Waals surface area (Å²) in [5.74, 6) is -0.116. The Kier molecular flexibility index (Phi) is 6.30. The summed E-state index contributed by atoms with van der Waals surface area (Å²) < 4.78 is 32.2. The van der Waals surface area contributed by atoms with Gasteiger partial charge >= 0.3 is 5.97 Å². The topological polar surface area (TPSA) is 97.6 Å². The van der Waals surface area contributed by atoms with Crippen LogP contribution in [-0.4, -0.2) is 77.6 Å². The number of aromatic nitrogens is 3. The molecule has 1 aromatic heterocycles. The highest BCUT2D eigenvalue weighted by Crippen LogP contribution is 2.20. The van der Waals surface area contributed by atoms with Gasteiger partial charge in [0.1, 0.15) is 0 Å². The standard InChI is InChI=1S/C14H25N5O4S/c1-4-17(2)13-10-19(24(21,22)11-13)9-12-8-18(16-15-12)7-5-6-14(20)23-3/h8,13H,4-7,9-11H2,1-3H3. The van der Waals surface area contributed by atoms with Crippen molar-refractivity contribution < 1.29 is 17.9 Å². The Morgan fingerprint density at radius 3 is 2.92 bits per heavy atom. The van der Waals surface area contributed by atoms with Crippen LogP contribution in [0.25, 0.3) is 0 Å². The van der Waals surface area contributed by atoms with E-state index in [1.807, 2.05) is 18.9 Å². The Hall–Kier alpha value is -1.52. The lowest BCUT2D eigenvalue weighted by atomic mass is 10.3. The van der Waals surface area contributed by atoms with Crippen LogP contribution in [0.4, 0.5) is 0 Å². The number of likely N-dealkylation sites (N-methyl/N-ethyl adjacent to an activating group) is 1. The molecule has 1 aromatic rings. The molecule has 1 unspecified atom stereocenters. The van der Waals surface area contributed by atoms with Gasteiger partial charge in [0.25, 0.3) is 0 Å². The van der Waals surface area contributed by atoms with Gasteiger partial charge in [-0.1, -0.05) is 12.1 Å². The van der Waals surface area contributed by atoms with E-state index in [9.17, 15) is 13.2 Å². The Labute approximate surface area is 142 Å². The molecule has 9 nitrogen and oxygen atoms in total. The molecular weight excluding hydrogens is 334 g/mol. The molecule has 136 valence electrons. The zero-order valence-corrected chi connectivity index (χ0v) is 15.2. The lowest BCUT2D eigenvalue weighted by Crippen LogP contribution is -2.35. The minimum atomic E-state index is -3.26. The summed E-state index contributed by atoms with van der Waals surface area (Å²) in [4.78, 5) is 13.1. The van der Waals surface area contributed by atoms with Gasteiger partial charge in [-0.05, 0) is 20.0 Å². The van der Waals surface area contributed by atoms with Gasteiger partial charge in [0.2, 0.25) is 10.0 Å². The molecule has 0 saturated carbocycles. The zero-order chi connectivity index (χ0) is 17.7. The fraction of sp³-hybridized carbons (Fsp3) is 0.786. The van der Waals surface area contributed by atoms with Gasteiger partial charge < -0.3 is 9.64 Å². The predicted molar refractivity (Wildman–Crippen MR) is 87.6 cm³/mol. The molecule has 1 atom stereocenters. The summed E-state index contributed by atoms with van der Waals surface area (Å²) in [7, 11) is 0.0302. The monoisotopic (exact) mass is 359 g/mol. The number of rotatable bonds is 8. The van der Waals surface area contributed by atoms with Gasteiger partial charge in [0.15, 0.2) is 0 Å². The SMILES string of the molecule is CCN(C)C1CN(Cc2cn(CCCC(=O)OC)nn2)S(=O)(=O)C1. The summed E-state index contributed by atoms with van der Waals surface area (Å²) in [6, 6.07) is 0.00935. The molecule has 0 N–H and O–H groups in total. The Bertz CT molecular complexity index is 660. The molecule has 1 saturated heterocycles. The van der Waals surface area contributed by atoms with Crippen molar-refractivity contribution in [2.45, 2.75) is 38.9 Å². The van der Waals surface area contributed by atoms with Crippen molar-refractivity contribution in [3.05, 3.63) is 11.9 Å². The van der Waals surface area contributed by atoms with Crippen LogP contribution in [0.1, 0.15) is 25.5 Å². The van der Waals surface area contributed by atoms with Gasteiger partial charge in [-0.2, -0.15) is 4.31 Å². The fourth-order valence-corrected chi connectivity index (χ4v) is 4.41. The molecule has 1 aliphatic rings. The number of sulfonamides is 1. The average Bonchev–Trinajstić information content (AvgIpc) is 3.11. The largest absolute Gasteiger partial charge is 0.469 e. The van der Waals surface area contributed by atoms with E-state index in [2.05, 4.69) is 15.0 Å². The van der Waals surface area contributed by atoms with Gasteiger partial charge in [0, 0.05) is 31.7 Å². The minimum Gasteiger partial charge on any atom is -0.469 e. The van der Waals surface area contributed by atoms with Crippen molar-refractivity contribution in [1.82, 2.24) is 24.2 Å². The number of hydrogen-bond donors (Lipinski definition) is 0. The number of carbonyl (C=O) groups excluding carboxylic acids is 1. The number of methoxy groups -OCH3 is 1. The highest BCUT2D eigenvalue weighted by molar-refractivity contribution is 7.89. The number of aryl methyl sites for hydroxylation is 1. The predicted octanol–water partition coefficient (Wildman–Crippen LogP) is -0.303. The second-order valence-corrected chi connectivity index (χ2v) is 7.96. The van der Waals surface area contributed by atoms with Crippen LogP contribution >= 0.6 is 0 Å². The number of hydrogen-bond acceptors (Lipinski definition) is 7. The Balaban J connectivity index is 1.91. The van der Waals surface area contributed by atoms with Crippen molar-refractivity contribution in [3.8, 4) is 0 Å². The number of nitrogens with zero attached hydrogens (tertiary/aromatic N) is 5. The van der Waals surface area contributed by atoms with E-state index in [1.165, 1.54) is 11.4 Å². The summed E-state index contributed by atoms with van der Waals surface area (Å²) in [6.07, 6.45) is 2.64. The zero-order valence-electron chi connectivity index (χ0n) is 14.4. The van der Waals surface area contributed by atoms with E-state index >= 15 is 0 Å². The third-order valence-electron chi connectivity index (χ3n) is 4.25. The number of esters is 1. The van der Waals surface area contributed by atoms with Crippen LogP contribution < -0.4 is 0 Å². The molecule has 24 heavy (non-hydrogen) atoms. The van der Waals surface area contributed by atoms with E-state index in [-0.39, 0.29) is 24.3 Å². The Morgan fingerprint density at radius 1 is 1.50 bits per heavy atom. The molecule has 2 heterocycles. The molecule has 0 spiro atoms. The molecule has 0 amide bonds. The highest BCUT2D eigenvalue weighted by atomic mass is 32.2. The van der Waals surface area contributed by atoms with Crippen LogP contribution in [0.5, 0.6) is 0 Å². The van der Waals surface area contributed by atoms with Gasteiger partial charge in [-0.25, -0.2) is 8.42 Å². The van der Waals surface area contributed by atoms with E-state index in [0.29, 0.717) is 31.6 Å². The molecule has 0 aromatic carbocycles. The van der Waals surface area contributed by atoms with E-state index in [4.69, 9.17) is 0 Å². The third kappa shape index (κ3) is 4.74.